The maximum absolute atomic E-state index is 11.6. The lowest BCUT2D eigenvalue weighted by molar-refractivity contribution is -0.121. The van der Waals surface area contributed by atoms with Gasteiger partial charge < -0.3 is 11.1 Å². The van der Waals surface area contributed by atoms with Gasteiger partial charge in [0.1, 0.15) is 0 Å². The van der Waals surface area contributed by atoms with E-state index in [-0.39, 0.29) is 12.5 Å². The molecule has 1 aromatic carbocycles. The Labute approximate surface area is 104 Å². The standard InChI is InChI=1S/C11H14N6O/c12-9-4-2-1-3-8(9)5-6-11(18)13-7-10-14-16-17-15-10/h1-4H,5-7,12H2,(H,13,18)(H,14,15,16,17). The number of para-hydroxylation sites is 1. The zero-order chi connectivity index (χ0) is 12.8. The molecule has 0 atom stereocenters. The Hall–Kier alpha value is -2.44. The van der Waals surface area contributed by atoms with Crippen LogP contribution in [0.2, 0.25) is 0 Å². The second-order valence-corrected chi connectivity index (χ2v) is 3.80. The molecule has 18 heavy (non-hydrogen) atoms. The molecule has 0 aliphatic carbocycles. The van der Waals surface area contributed by atoms with Gasteiger partial charge in [-0.25, -0.2) is 0 Å². The molecule has 0 bridgehead atoms. The fraction of sp³-hybridized carbons (Fsp3) is 0.273. The fourth-order valence-electron chi connectivity index (χ4n) is 1.53. The van der Waals surface area contributed by atoms with Gasteiger partial charge in [0.05, 0.1) is 6.54 Å². The van der Waals surface area contributed by atoms with Crippen LogP contribution in [0.5, 0.6) is 0 Å². The third-order valence-corrected chi connectivity index (χ3v) is 2.51. The highest BCUT2D eigenvalue weighted by molar-refractivity contribution is 5.76. The van der Waals surface area contributed by atoms with Crippen LogP contribution in [0.3, 0.4) is 0 Å². The molecule has 1 amide bonds. The summed E-state index contributed by atoms with van der Waals surface area (Å²) >= 11 is 0. The van der Waals surface area contributed by atoms with E-state index in [9.17, 15) is 4.79 Å². The van der Waals surface area contributed by atoms with Crippen LogP contribution < -0.4 is 11.1 Å². The predicted molar refractivity (Wildman–Crippen MR) is 65.2 cm³/mol. The van der Waals surface area contributed by atoms with Crippen LogP contribution in [-0.2, 0) is 17.8 Å². The first-order valence-electron chi connectivity index (χ1n) is 5.58. The first-order valence-corrected chi connectivity index (χ1v) is 5.58. The van der Waals surface area contributed by atoms with Crippen molar-refractivity contribution < 1.29 is 4.79 Å². The highest BCUT2D eigenvalue weighted by Crippen LogP contribution is 2.12. The molecule has 7 heteroatoms. The van der Waals surface area contributed by atoms with E-state index in [1.165, 1.54) is 0 Å². The van der Waals surface area contributed by atoms with Gasteiger partial charge in [-0.05, 0) is 18.1 Å². The van der Waals surface area contributed by atoms with E-state index in [1.807, 2.05) is 24.3 Å². The SMILES string of the molecule is Nc1ccccc1CCC(=O)NCc1nn[nH]n1. The summed E-state index contributed by atoms with van der Waals surface area (Å²) < 4.78 is 0. The molecule has 0 saturated carbocycles. The molecule has 2 rings (SSSR count). The Kier molecular flexibility index (Phi) is 3.85. The summed E-state index contributed by atoms with van der Waals surface area (Å²) in [6.07, 6.45) is 0.997. The van der Waals surface area contributed by atoms with Crippen molar-refractivity contribution in [3.63, 3.8) is 0 Å². The van der Waals surface area contributed by atoms with E-state index in [0.717, 1.165) is 5.56 Å². The molecule has 7 nitrogen and oxygen atoms in total. The summed E-state index contributed by atoms with van der Waals surface area (Å²) in [5.41, 5.74) is 7.48. The number of nitrogens with zero attached hydrogens (tertiary/aromatic N) is 3. The van der Waals surface area contributed by atoms with Crippen molar-refractivity contribution in [1.82, 2.24) is 25.9 Å². The number of carbonyl (C=O) groups is 1. The molecular formula is C11H14N6O. The topological polar surface area (TPSA) is 110 Å². The smallest absolute Gasteiger partial charge is 0.220 e. The summed E-state index contributed by atoms with van der Waals surface area (Å²) in [6.45, 7) is 0.277. The van der Waals surface area contributed by atoms with Crippen LogP contribution in [0.4, 0.5) is 5.69 Å². The average Bonchev–Trinajstić information content (AvgIpc) is 2.88. The van der Waals surface area contributed by atoms with Gasteiger partial charge in [-0.2, -0.15) is 5.21 Å². The molecular weight excluding hydrogens is 232 g/mol. The first-order chi connectivity index (χ1) is 8.75. The Balaban J connectivity index is 1.77. The Morgan fingerprint density at radius 1 is 1.39 bits per heavy atom. The van der Waals surface area contributed by atoms with E-state index in [4.69, 9.17) is 5.73 Å². The number of carbonyl (C=O) groups excluding carboxylic acids is 1. The number of H-pyrrole nitrogens is 1. The van der Waals surface area contributed by atoms with Gasteiger partial charge in [0.25, 0.3) is 0 Å². The maximum Gasteiger partial charge on any atom is 0.220 e. The van der Waals surface area contributed by atoms with Crippen LogP contribution in [0.1, 0.15) is 17.8 Å². The second-order valence-electron chi connectivity index (χ2n) is 3.80. The van der Waals surface area contributed by atoms with Crippen LogP contribution in [0.15, 0.2) is 24.3 Å². The third-order valence-electron chi connectivity index (χ3n) is 2.51. The number of nitrogens with one attached hydrogen (secondary N) is 2. The lowest BCUT2D eigenvalue weighted by atomic mass is 10.1. The van der Waals surface area contributed by atoms with Gasteiger partial charge in [0.2, 0.25) is 5.91 Å². The zero-order valence-corrected chi connectivity index (χ0v) is 9.76. The van der Waals surface area contributed by atoms with Gasteiger partial charge in [-0.1, -0.05) is 23.4 Å². The highest BCUT2D eigenvalue weighted by atomic mass is 16.1. The lowest BCUT2D eigenvalue weighted by Gasteiger charge is -2.05. The number of amides is 1. The normalized spacial score (nSPS) is 10.2. The number of nitrogens with two attached hydrogens (primary N) is 1. The molecule has 0 aliphatic rings. The van der Waals surface area contributed by atoms with Crippen LogP contribution in [-0.4, -0.2) is 26.5 Å². The molecule has 4 N–H and O–H groups in total. The quantitative estimate of drug-likeness (QED) is 0.645. The number of aryl methyl sites for hydroxylation is 1. The molecule has 0 saturated heterocycles. The van der Waals surface area contributed by atoms with Crippen molar-refractivity contribution in [1.29, 1.82) is 0 Å². The van der Waals surface area contributed by atoms with E-state index < -0.39 is 0 Å². The molecule has 1 heterocycles. The molecule has 0 radical (unpaired) electrons. The Morgan fingerprint density at radius 3 is 2.94 bits per heavy atom. The molecule has 1 aromatic heterocycles. The number of tetrazole rings is 1. The minimum atomic E-state index is -0.0666. The van der Waals surface area contributed by atoms with Crippen molar-refractivity contribution in [3.05, 3.63) is 35.7 Å². The van der Waals surface area contributed by atoms with Crippen molar-refractivity contribution in [2.75, 3.05) is 5.73 Å². The third kappa shape index (κ3) is 3.27. The number of benzene rings is 1. The summed E-state index contributed by atoms with van der Waals surface area (Å²) in [5.74, 6) is 0.394. The van der Waals surface area contributed by atoms with Gasteiger partial charge in [-0.3, -0.25) is 4.79 Å². The molecule has 94 valence electrons. The number of hydrogen-bond donors (Lipinski definition) is 3. The molecule has 0 unspecified atom stereocenters. The number of anilines is 1. The van der Waals surface area contributed by atoms with Crippen molar-refractivity contribution in [3.8, 4) is 0 Å². The monoisotopic (exact) mass is 246 g/mol. The van der Waals surface area contributed by atoms with Gasteiger partial charge in [0.15, 0.2) is 5.82 Å². The van der Waals surface area contributed by atoms with E-state index in [0.29, 0.717) is 24.4 Å². The van der Waals surface area contributed by atoms with Crippen molar-refractivity contribution in [2.45, 2.75) is 19.4 Å². The average molecular weight is 246 g/mol. The minimum Gasteiger partial charge on any atom is -0.399 e. The van der Waals surface area contributed by atoms with Crippen LogP contribution in [0.25, 0.3) is 0 Å². The largest absolute Gasteiger partial charge is 0.399 e. The Morgan fingerprint density at radius 2 is 2.22 bits per heavy atom. The number of rotatable bonds is 5. The predicted octanol–water partition coefficient (Wildman–Crippen LogP) is 0.0309. The van der Waals surface area contributed by atoms with Crippen LogP contribution >= 0.6 is 0 Å². The molecule has 0 aliphatic heterocycles. The summed E-state index contributed by atoms with van der Waals surface area (Å²) in [6, 6.07) is 7.52. The van der Waals surface area contributed by atoms with E-state index >= 15 is 0 Å². The fourth-order valence-corrected chi connectivity index (χ4v) is 1.53. The van der Waals surface area contributed by atoms with E-state index in [2.05, 4.69) is 25.9 Å². The molecule has 2 aromatic rings. The Bertz CT molecular complexity index is 510. The summed E-state index contributed by atoms with van der Waals surface area (Å²) in [4.78, 5) is 11.6. The summed E-state index contributed by atoms with van der Waals surface area (Å²) in [7, 11) is 0. The number of aromatic nitrogens is 4. The number of hydrogen-bond acceptors (Lipinski definition) is 5. The van der Waals surface area contributed by atoms with Gasteiger partial charge in [-0.15, -0.1) is 10.2 Å². The van der Waals surface area contributed by atoms with Gasteiger partial charge in [0, 0.05) is 12.1 Å². The maximum atomic E-state index is 11.6. The molecule has 0 fully saturated rings. The lowest BCUT2D eigenvalue weighted by Crippen LogP contribution is -2.23. The van der Waals surface area contributed by atoms with Crippen molar-refractivity contribution in [2.24, 2.45) is 0 Å². The minimum absolute atomic E-state index is 0.0666. The van der Waals surface area contributed by atoms with Gasteiger partial charge >= 0.3 is 0 Å². The van der Waals surface area contributed by atoms with Crippen LogP contribution in [0, 0.1) is 0 Å². The van der Waals surface area contributed by atoms with E-state index in [1.54, 1.807) is 0 Å². The zero-order valence-electron chi connectivity index (χ0n) is 9.76. The van der Waals surface area contributed by atoms with Crippen molar-refractivity contribution >= 4 is 11.6 Å². The number of nitrogen functional groups attached to an aromatic ring is 1. The molecule has 0 spiro atoms. The second kappa shape index (κ2) is 5.76. The highest BCUT2D eigenvalue weighted by Gasteiger charge is 2.05. The number of aromatic amines is 1. The summed E-state index contributed by atoms with van der Waals surface area (Å²) in [5, 5.41) is 15.9. The first kappa shape index (κ1) is 12.0.